The van der Waals surface area contributed by atoms with Gasteiger partial charge in [-0.3, -0.25) is 0 Å². The van der Waals surface area contributed by atoms with Gasteiger partial charge in [0.25, 0.3) is 0 Å². The summed E-state index contributed by atoms with van der Waals surface area (Å²) in [5, 5.41) is 2.55. The molecule has 2 aromatic heterocycles. The van der Waals surface area contributed by atoms with Crippen molar-refractivity contribution in [3.63, 3.8) is 0 Å². The maximum absolute atomic E-state index is 2.37. The van der Waals surface area contributed by atoms with Gasteiger partial charge in [-0.2, -0.15) is 0 Å². The second kappa shape index (κ2) is 7.41. The first-order valence-electron chi connectivity index (χ1n) is 10.6. The summed E-state index contributed by atoms with van der Waals surface area (Å²) in [6.45, 7) is 2.07. The Balaban J connectivity index is 1.67. The van der Waals surface area contributed by atoms with Crippen LogP contribution < -0.4 is 0 Å². The molecule has 0 unspecified atom stereocenters. The summed E-state index contributed by atoms with van der Waals surface area (Å²) in [6, 6.07) is 39.2. The minimum atomic E-state index is 1.18. The molecule has 0 saturated heterocycles. The molecule has 4 aromatic carbocycles. The fourth-order valence-corrected chi connectivity index (χ4v) is 4.50. The zero-order chi connectivity index (χ0) is 20.6. The van der Waals surface area contributed by atoms with Crippen LogP contribution in [0.15, 0.2) is 121 Å². The molecule has 0 bridgehead atoms. The Morgan fingerprint density at radius 3 is 1.42 bits per heavy atom. The Kier molecular flexibility index (Phi) is 4.28. The molecule has 31 heavy (non-hydrogen) atoms. The van der Waals surface area contributed by atoms with Gasteiger partial charge in [0, 0.05) is 0 Å². The van der Waals surface area contributed by atoms with Crippen molar-refractivity contribution >= 4 is 28.7 Å². The normalized spacial score (nSPS) is 11.1. The third-order valence-corrected chi connectivity index (χ3v) is 5.99. The van der Waals surface area contributed by atoms with Gasteiger partial charge < -0.3 is 0 Å². The molecule has 0 saturated carbocycles. The van der Waals surface area contributed by atoms with E-state index in [1.54, 1.807) is 0 Å². The van der Waals surface area contributed by atoms with Crippen LogP contribution in [0.25, 0.3) is 49.7 Å². The van der Waals surface area contributed by atoms with Crippen LogP contribution in [0.2, 0.25) is 0 Å². The molecule has 0 aliphatic heterocycles. The van der Waals surface area contributed by atoms with Crippen molar-refractivity contribution in [2.24, 2.45) is 0 Å². The van der Waals surface area contributed by atoms with Crippen molar-refractivity contribution in [3.8, 4) is 27.9 Å². The summed E-state index contributed by atoms with van der Waals surface area (Å²) in [7, 11) is 0. The monoisotopic (exact) mass is 393 g/mol. The standard InChI is InChI=1S/C29H20BN/c1-3-7-21(8-4-1)23-11-13-28-26(19-23)27-20-24(22-9-5-2-6-10-22)12-14-29(27)31(28)25-15-17-30-18-16-25/h1-20H. The minimum absolute atomic E-state index is 1.18. The average molecular weight is 393 g/mol. The Morgan fingerprint density at radius 1 is 0.452 bits per heavy atom. The topological polar surface area (TPSA) is 4.93 Å². The summed E-state index contributed by atoms with van der Waals surface area (Å²) in [5.41, 5.74) is 8.60. The molecule has 0 radical (unpaired) electrons. The van der Waals surface area contributed by atoms with Crippen LogP contribution in [0.5, 0.6) is 0 Å². The predicted octanol–water partition coefficient (Wildman–Crippen LogP) is 7.46. The van der Waals surface area contributed by atoms with Gasteiger partial charge in [0.1, 0.15) is 0 Å². The average Bonchev–Trinajstić information content (AvgIpc) is 3.18. The van der Waals surface area contributed by atoms with E-state index in [2.05, 4.69) is 133 Å². The summed E-state index contributed by atoms with van der Waals surface area (Å²) < 4.78 is 2.37. The van der Waals surface area contributed by atoms with E-state index >= 15 is 0 Å². The first-order chi connectivity index (χ1) is 15.4. The van der Waals surface area contributed by atoms with E-state index in [1.807, 2.05) is 0 Å². The molecular weight excluding hydrogens is 373 g/mol. The van der Waals surface area contributed by atoms with E-state index in [4.69, 9.17) is 0 Å². The van der Waals surface area contributed by atoms with Crippen LogP contribution in [0.1, 0.15) is 0 Å². The van der Waals surface area contributed by atoms with Gasteiger partial charge in [0.2, 0.25) is 0 Å². The predicted molar refractivity (Wildman–Crippen MR) is 133 cm³/mol. The summed E-state index contributed by atoms with van der Waals surface area (Å²) >= 11 is 0. The van der Waals surface area contributed by atoms with Crippen LogP contribution in [0.3, 0.4) is 0 Å². The van der Waals surface area contributed by atoms with Crippen molar-refractivity contribution in [3.05, 3.63) is 121 Å². The van der Waals surface area contributed by atoms with Crippen LogP contribution >= 0.6 is 0 Å². The Hall–Kier alpha value is -3.91. The second-order valence-corrected chi connectivity index (χ2v) is 7.87. The summed E-state index contributed by atoms with van der Waals surface area (Å²) in [6.07, 6.45) is 0. The number of hydrogen-bond donors (Lipinski definition) is 0. The third-order valence-electron chi connectivity index (χ3n) is 5.99. The number of rotatable bonds is 3. The molecule has 0 spiro atoms. The third kappa shape index (κ3) is 3.08. The van der Waals surface area contributed by atoms with E-state index in [0.717, 1.165) is 0 Å². The number of hydrogen-bond acceptors (Lipinski definition) is 0. The van der Waals surface area contributed by atoms with Crippen molar-refractivity contribution < 1.29 is 0 Å². The molecule has 0 aliphatic rings. The summed E-state index contributed by atoms with van der Waals surface area (Å²) in [5.74, 6) is 4.20. The number of nitrogens with zero attached hydrogens (tertiary/aromatic N) is 1. The molecule has 6 rings (SSSR count). The Labute approximate surface area is 182 Å². The molecule has 2 heterocycles. The fraction of sp³-hybridized carbons (Fsp3) is 0. The van der Waals surface area contributed by atoms with Crippen molar-refractivity contribution in [1.82, 2.24) is 4.57 Å². The molecule has 144 valence electrons. The quantitative estimate of drug-likeness (QED) is 0.294. The number of fused-ring (bicyclic) bond motifs is 3. The molecule has 0 fully saturated rings. The van der Waals surface area contributed by atoms with Gasteiger partial charge in [-0.05, 0) is 0 Å². The molecule has 0 atom stereocenters. The van der Waals surface area contributed by atoms with E-state index in [1.165, 1.54) is 49.7 Å². The van der Waals surface area contributed by atoms with Crippen LogP contribution in [0, 0.1) is 0 Å². The van der Waals surface area contributed by atoms with Gasteiger partial charge in [-0.15, -0.1) is 0 Å². The SMILES string of the molecule is b1ccc(-n2c3ccc(-c4ccccc4)cc3c3cc(-c4ccccc4)ccc32)cc1. The molecule has 0 aliphatic carbocycles. The fourth-order valence-electron chi connectivity index (χ4n) is 4.50. The number of aromatic nitrogens is 1. The van der Waals surface area contributed by atoms with Gasteiger partial charge in [0.15, 0.2) is 0 Å². The molecule has 0 amide bonds. The van der Waals surface area contributed by atoms with E-state index in [-0.39, 0.29) is 0 Å². The van der Waals surface area contributed by atoms with Gasteiger partial charge >= 0.3 is 182 Å². The molecule has 6 aromatic rings. The van der Waals surface area contributed by atoms with Crippen molar-refractivity contribution in [2.45, 2.75) is 0 Å². The van der Waals surface area contributed by atoms with E-state index < -0.39 is 0 Å². The molecule has 0 N–H and O–H groups in total. The molecular formula is C29H20BN. The second-order valence-electron chi connectivity index (χ2n) is 7.87. The van der Waals surface area contributed by atoms with Gasteiger partial charge in [0.05, 0.1) is 0 Å². The first kappa shape index (κ1) is 17.9. The summed E-state index contributed by atoms with van der Waals surface area (Å²) in [4.78, 5) is 0. The molecule has 1 nitrogen and oxygen atoms in total. The zero-order valence-electron chi connectivity index (χ0n) is 17.1. The first-order valence-corrected chi connectivity index (χ1v) is 10.6. The van der Waals surface area contributed by atoms with Crippen molar-refractivity contribution in [1.29, 1.82) is 0 Å². The van der Waals surface area contributed by atoms with Crippen LogP contribution in [0.4, 0.5) is 0 Å². The van der Waals surface area contributed by atoms with Crippen molar-refractivity contribution in [2.75, 3.05) is 0 Å². The van der Waals surface area contributed by atoms with Crippen LogP contribution in [-0.4, -0.2) is 11.5 Å². The zero-order valence-corrected chi connectivity index (χ0v) is 17.1. The maximum atomic E-state index is 2.37. The van der Waals surface area contributed by atoms with Gasteiger partial charge in [-0.25, -0.2) is 0 Å². The van der Waals surface area contributed by atoms with E-state index in [9.17, 15) is 0 Å². The van der Waals surface area contributed by atoms with E-state index in [0.29, 0.717) is 0 Å². The van der Waals surface area contributed by atoms with Gasteiger partial charge in [-0.1, -0.05) is 0 Å². The molecule has 2 heteroatoms. The van der Waals surface area contributed by atoms with Crippen LogP contribution in [-0.2, 0) is 0 Å². The Morgan fingerprint density at radius 2 is 0.935 bits per heavy atom. The number of benzene rings is 4. The Bertz CT molecular complexity index is 1400.